The molecule has 1 atom stereocenters. The molecule has 1 fully saturated rings. The summed E-state index contributed by atoms with van der Waals surface area (Å²) in [5, 5.41) is 12.6. The van der Waals surface area contributed by atoms with Gasteiger partial charge in [-0.2, -0.15) is 0 Å². The quantitative estimate of drug-likeness (QED) is 0.589. The number of nitrogens with one attached hydrogen (secondary N) is 1. The van der Waals surface area contributed by atoms with Crippen molar-refractivity contribution in [1.82, 2.24) is 20.2 Å². The highest BCUT2D eigenvalue weighted by Crippen LogP contribution is 2.39. The number of amides is 1. The fraction of sp³-hybridized carbons (Fsp3) is 0.400. The van der Waals surface area contributed by atoms with Crippen molar-refractivity contribution in [3.05, 3.63) is 39.6 Å². The third-order valence-corrected chi connectivity index (χ3v) is 5.47. The predicted octanol–water partition coefficient (Wildman–Crippen LogP) is 3.15. The van der Waals surface area contributed by atoms with E-state index < -0.39 is 0 Å². The number of hydrogen-bond donors (Lipinski definition) is 2. The molecule has 0 saturated heterocycles. The van der Waals surface area contributed by atoms with E-state index >= 15 is 0 Å². The van der Waals surface area contributed by atoms with Crippen LogP contribution < -0.4 is 11.2 Å². The van der Waals surface area contributed by atoms with Crippen molar-refractivity contribution < 1.29 is 4.79 Å². The number of carbonyl (C=O) groups is 1. The average molecular weight is 386 g/mol. The van der Waals surface area contributed by atoms with Gasteiger partial charge in [-0.1, -0.05) is 41.0 Å². The summed E-state index contributed by atoms with van der Waals surface area (Å²) in [5.41, 5.74) is 0.890. The second-order valence-corrected chi connectivity index (χ2v) is 7.49. The first kappa shape index (κ1) is 17.4. The number of thioether (sulfide) groups is 1. The lowest BCUT2D eigenvalue weighted by molar-refractivity contribution is -0.119. The Morgan fingerprint density at radius 1 is 1.42 bits per heavy atom. The van der Waals surface area contributed by atoms with Crippen molar-refractivity contribution >= 4 is 40.9 Å². The monoisotopic (exact) mass is 385 g/mol. The standard InChI is InChI=1S/C15H17Cl2N5OS/c1-8(10-4-5-11(16)12(17)6-10)19-13(23)7-24-15-21-20-14(22(15)18)9-2-3-9/h4-6,8-9H,2-3,7,18H2,1H3,(H,19,23)/t8-/m1/s1. The molecule has 9 heteroatoms. The first-order valence-electron chi connectivity index (χ1n) is 7.53. The molecule has 2 aromatic rings. The zero-order chi connectivity index (χ0) is 17.3. The Morgan fingerprint density at radius 3 is 2.83 bits per heavy atom. The second-order valence-electron chi connectivity index (χ2n) is 5.74. The Bertz CT molecular complexity index is 762. The Hall–Kier alpha value is -1.44. The van der Waals surface area contributed by atoms with Crippen LogP contribution in [0.15, 0.2) is 23.4 Å². The van der Waals surface area contributed by atoms with Crippen LogP contribution in [0.2, 0.25) is 10.0 Å². The maximum Gasteiger partial charge on any atom is 0.230 e. The molecule has 1 aliphatic rings. The van der Waals surface area contributed by atoms with Gasteiger partial charge in [0.2, 0.25) is 11.1 Å². The molecule has 24 heavy (non-hydrogen) atoms. The first-order chi connectivity index (χ1) is 11.5. The van der Waals surface area contributed by atoms with E-state index in [9.17, 15) is 4.79 Å². The molecule has 128 valence electrons. The van der Waals surface area contributed by atoms with E-state index in [0.29, 0.717) is 21.1 Å². The average Bonchev–Trinajstić information content (AvgIpc) is 3.32. The Balaban J connectivity index is 1.54. The van der Waals surface area contributed by atoms with Crippen LogP contribution in [0.4, 0.5) is 0 Å². The van der Waals surface area contributed by atoms with Gasteiger partial charge in [0.05, 0.1) is 21.8 Å². The molecule has 1 amide bonds. The van der Waals surface area contributed by atoms with E-state index in [0.717, 1.165) is 24.2 Å². The highest BCUT2D eigenvalue weighted by atomic mass is 35.5. The minimum Gasteiger partial charge on any atom is -0.349 e. The lowest BCUT2D eigenvalue weighted by atomic mass is 10.1. The van der Waals surface area contributed by atoms with Crippen LogP contribution in [-0.2, 0) is 4.79 Å². The largest absolute Gasteiger partial charge is 0.349 e. The minimum atomic E-state index is -0.175. The van der Waals surface area contributed by atoms with Crippen molar-refractivity contribution in [2.24, 2.45) is 0 Å². The third-order valence-electron chi connectivity index (χ3n) is 3.79. The Kier molecular flexibility index (Phi) is 5.22. The Labute approximate surface area is 154 Å². The molecular weight excluding hydrogens is 369 g/mol. The summed E-state index contributed by atoms with van der Waals surface area (Å²) < 4.78 is 1.48. The van der Waals surface area contributed by atoms with Gasteiger partial charge in [0.15, 0.2) is 5.82 Å². The predicted molar refractivity (Wildman–Crippen MR) is 95.9 cm³/mol. The number of carbonyl (C=O) groups excluding carboxylic acids is 1. The number of nitrogen functional groups attached to an aromatic ring is 1. The maximum atomic E-state index is 12.1. The first-order valence-corrected chi connectivity index (χ1v) is 9.27. The molecule has 3 N–H and O–H groups in total. The van der Waals surface area contributed by atoms with Crippen LogP contribution in [-0.4, -0.2) is 26.5 Å². The summed E-state index contributed by atoms with van der Waals surface area (Å²) >= 11 is 13.2. The summed E-state index contributed by atoms with van der Waals surface area (Å²) in [4.78, 5) is 12.1. The van der Waals surface area contributed by atoms with Crippen LogP contribution in [0.25, 0.3) is 0 Å². The Morgan fingerprint density at radius 2 is 2.17 bits per heavy atom. The topological polar surface area (TPSA) is 85.8 Å². The third kappa shape index (κ3) is 3.96. The van der Waals surface area contributed by atoms with Crippen LogP contribution in [0.1, 0.15) is 43.1 Å². The van der Waals surface area contributed by atoms with Gasteiger partial charge in [-0.25, -0.2) is 4.68 Å². The van der Waals surface area contributed by atoms with Crippen molar-refractivity contribution in [2.75, 3.05) is 11.6 Å². The van der Waals surface area contributed by atoms with E-state index in [1.165, 1.54) is 16.4 Å². The van der Waals surface area contributed by atoms with Crippen molar-refractivity contribution in [3.8, 4) is 0 Å². The summed E-state index contributed by atoms with van der Waals surface area (Å²) in [7, 11) is 0. The fourth-order valence-electron chi connectivity index (χ4n) is 2.28. The molecule has 0 radical (unpaired) electrons. The number of hydrogen-bond acceptors (Lipinski definition) is 5. The van der Waals surface area contributed by atoms with Crippen LogP contribution in [0.5, 0.6) is 0 Å². The van der Waals surface area contributed by atoms with Crippen LogP contribution in [0, 0.1) is 0 Å². The van der Waals surface area contributed by atoms with Gasteiger partial charge in [0, 0.05) is 5.92 Å². The molecule has 0 spiro atoms. The molecule has 0 aliphatic heterocycles. The van der Waals surface area contributed by atoms with Gasteiger partial charge in [0.1, 0.15) is 0 Å². The van der Waals surface area contributed by atoms with Crippen LogP contribution >= 0.6 is 35.0 Å². The van der Waals surface area contributed by atoms with Crippen molar-refractivity contribution in [2.45, 2.75) is 36.9 Å². The summed E-state index contributed by atoms with van der Waals surface area (Å²) in [6.07, 6.45) is 2.20. The van der Waals surface area contributed by atoms with Gasteiger partial charge in [0.25, 0.3) is 0 Å². The number of benzene rings is 1. The van der Waals surface area contributed by atoms with Gasteiger partial charge in [-0.15, -0.1) is 10.2 Å². The number of nitrogens with two attached hydrogens (primary N) is 1. The van der Waals surface area contributed by atoms with Gasteiger partial charge in [-0.3, -0.25) is 4.79 Å². The number of aromatic nitrogens is 3. The SMILES string of the molecule is C[C@@H](NC(=O)CSc1nnc(C2CC2)n1N)c1ccc(Cl)c(Cl)c1. The highest BCUT2D eigenvalue weighted by molar-refractivity contribution is 7.99. The molecular formula is C15H17Cl2N5OS. The maximum absolute atomic E-state index is 12.1. The van der Waals surface area contributed by atoms with Crippen LogP contribution in [0.3, 0.4) is 0 Å². The summed E-state index contributed by atoms with van der Waals surface area (Å²) in [6.45, 7) is 1.89. The van der Waals surface area contributed by atoms with Crippen molar-refractivity contribution in [1.29, 1.82) is 0 Å². The van der Waals surface area contributed by atoms with Crippen molar-refractivity contribution in [3.63, 3.8) is 0 Å². The number of nitrogens with zero attached hydrogens (tertiary/aromatic N) is 3. The molecule has 1 aromatic heterocycles. The molecule has 3 rings (SSSR count). The summed E-state index contributed by atoms with van der Waals surface area (Å²) in [6, 6.07) is 5.13. The molecule has 1 heterocycles. The second kappa shape index (κ2) is 7.21. The molecule has 0 bridgehead atoms. The minimum absolute atomic E-state index is 0.116. The van der Waals surface area contributed by atoms with Gasteiger partial charge in [-0.05, 0) is 37.5 Å². The van der Waals surface area contributed by atoms with Gasteiger partial charge < -0.3 is 11.2 Å². The normalized spacial score (nSPS) is 15.3. The van der Waals surface area contributed by atoms with E-state index in [-0.39, 0.29) is 17.7 Å². The smallest absolute Gasteiger partial charge is 0.230 e. The lowest BCUT2D eigenvalue weighted by Gasteiger charge is -2.14. The van der Waals surface area contributed by atoms with Gasteiger partial charge >= 0.3 is 0 Å². The highest BCUT2D eigenvalue weighted by Gasteiger charge is 2.30. The fourth-order valence-corrected chi connectivity index (χ4v) is 3.27. The zero-order valence-electron chi connectivity index (χ0n) is 13.0. The van der Waals surface area contributed by atoms with E-state index in [4.69, 9.17) is 29.0 Å². The van der Waals surface area contributed by atoms with E-state index in [2.05, 4.69) is 15.5 Å². The molecule has 1 aliphatic carbocycles. The molecule has 1 saturated carbocycles. The van der Waals surface area contributed by atoms with E-state index in [1.807, 2.05) is 13.0 Å². The molecule has 0 unspecified atom stereocenters. The molecule has 6 nitrogen and oxygen atoms in total. The lowest BCUT2D eigenvalue weighted by Crippen LogP contribution is -2.28. The zero-order valence-corrected chi connectivity index (χ0v) is 15.3. The number of halogens is 2. The van der Waals surface area contributed by atoms with E-state index in [1.54, 1.807) is 12.1 Å². The number of rotatable bonds is 6. The molecule has 1 aromatic carbocycles. The summed E-state index contributed by atoms with van der Waals surface area (Å²) in [5.74, 6) is 7.27.